The number of rotatable bonds is 6. The van der Waals surface area contributed by atoms with Crippen LogP contribution in [0.4, 0.5) is 0 Å². The van der Waals surface area contributed by atoms with Crippen LogP contribution in [0.3, 0.4) is 0 Å². The standard InChI is InChI=1S/C65H41N3/c1-2-18-52-45(13-1)35-37-57-64(52)56-22-3-7-23-59(56)66-65(57)46-33-31-43(32-34-46)42-27-29-44(30-28-42)49-36-38-63-58(41-49)55-21-6-10-26-62(55)68(63)51-17-12-15-48(40-51)47-14-11-16-50(39-47)67-60-24-8-4-19-53(60)54-20-5-9-25-61(54)67/h1-41H. The van der Waals surface area contributed by atoms with E-state index in [-0.39, 0.29) is 0 Å². The molecule has 0 unspecified atom stereocenters. The van der Waals surface area contributed by atoms with Crippen molar-refractivity contribution < 1.29 is 0 Å². The van der Waals surface area contributed by atoms with Gasteiger partial charge in [-0.2, -0.15) is 0 Å². The van der Waals surface area contributed by atoms with Crippen LogP contribution in [0.5, 0.6) is 0 Å². The molecular formula is C65H41N3. The van der Waals surface area contributed by atoms with Crippen molar-refractivity contribution >= 4 is 76.1 Å². The number of fused-ring (bicyclic) bond motifs is 11. The van der Waals surface area contributed by atoms with Gasteiger partial charge in [0.25, 0.3) is 0 Å². The molecular weight excluding hydrogens is 823 g/mol. The Kier molecular flexibility index (Phi) is 8.59. The fourth-order valence-electron chi connectivity index (χ4n) is 10.9. The lowest BCUT2D eigenvalue weighted by atomic mass is 9.94. The van der Waals surface area contributed by atoms with Crippen LogP contribution in [-0.4, -0.2) is 14.1 Å². The third-order valence-electron chi connectivity index (χ3n) is 14.1. The van der Waals surface area contributed by atoms with Crippen molar-refractivity contribution in [3.63, 3.8) is 0 Å². The van der Waals surface area contributed by atoms with Crippen molar-refractivity contribution in [3.05, 3.63) is 249 Å². The molecule has 0 fully saturated rings. The average molecular weight is 864 g/mol. The van der Waals surface area contributed by atoms with Crippen molar-refractivity contribution in [1.29, 1.82) is 0 Å². The molecule has 3 aromatic heterocycles. The number of hydrogen-bond acceptors (Lipinski definition) is 1. The topological polar surface area (TPSA) is 22.8 Å². The Morgan fingerprint density at radius 1 is 0.250 bits per heavy atom. The maximum Gasteiger partial charge on any atom is 0.0788 e. The van der Waals surface area contributed by atoms with Crippen LogP contribution < -0.4 is 0 Å². The lowest BCUT2D eigenvalue weighted by Gasteiger charge is -2.13. The molecule has 14 rings (SSSR count). The number of nitrogens with zero attached hydrogens (tertiary/aromatic N) is 3. The summed E-state index contributed by atoms with van der Waals surface area (Å²) in [6.07, 6.45) is 0. The summed E-state index contributed by atoms with van der Waals surface area (Å²) in [6, 6.07) is 90.5. The zero-order valence-electron chi connectivity index (χ0n) is 37.0. The van der Waals surface area contributed by atoms with Crippen LogP contribution >= 0.6 is 0 Å². The highest BCUT2D eigenvalue weighted by molar-refractivity contribution is 6.22. The summed E-state index contributed by atoms with van der Waals surface area (Å²) in [7, 11) is 0. The number of benzene rings is 11. The molecule has 3 nitrogen and oxygen atoms in total. The Morgan fingerprint density at radius 3 is 1.29 bits per heavy atom. The molecule has 0 saturated carbocycles. The van der Waals surface area contributed by atoms with Crippen LogP contribution in [0.1, 0.15) is 0 Å². The van der Waals surface area contributed by atoms with Gasteiger partial charge < -0.3 is 9.13 Å². The predicted molar refractivity (Wildman–Crippen MR) is 287 cm³/mol. The lowest BCUT2D eigenvalue weighted by molar-refractivity contribution is 1.17. The molecule has 14 aromatic rings. The Hall–Kier alpha value is -9.05. The molecule has 0 bridgehead atoms. The minimum absolute atomic E-state index is 1.01. The van der Waals surface area contributed by atoms with Gasteiger partial charge in [-0.3, -0.25) is 0 Å². The Bertz CT molecular complexity index is 4240. The summed E-state index contributed by atoms with van der Waals surface area (Å²) < 4.78 is 4.81. The summed E-state index contributed by atoms with van der Waals surface area (Å²) in [5, 5.41) is 11.1. The van der Waals surface area contributed by atoms with Crippen LogP contribution in [-0.2, 0) is 0 Å². The van der Waals surface area contributed by atoms with E-state index in [2.05, 4.69) is 258 Å². The summed E-state index contributed by atoms with van der Waals surface area (Å²) in [5.74, 6) is 0. The van der Waals surface area contributed by atoms with Gasteiger partial charge in [0.2, 0.25) is 0 Å². The normalized spacial score (nSPS) is 11.8. The second-order valence-corrected chi connectivity index (χ2v) is 17.9. The summed E-state index contributed by atoms with van der Waals surface area (Å²) in [6.45, 7) is 0. The zero-order chi connectivity index (χ0) is 44.7. The van der Waals surface area contributed by atoms with E-state index < -0.39 is 0 Å². The van der Waals surface area contributed by atoms with E-state index in [1.165, 1.54) is 104 Å². The average Bonchev–Trinajstić information content (AvgIpc) is 3.93. The molecule has 0 aliphatic heterocycles. The van der Waals surface area contributed by atoms with Gasteiger partial charge in [-0.15, -0.1) is 0 Å². The van der Waals surface area contributed by atoms with Gasteiger partial charge in [0.15, 0.2) is 0 Å². The first kappa shape index (κ1) is 38.2. The smallest absolute Gasteiger partial charge is 0.0788 e. The van der Waals surface area contributed by atoms with E-state index in [1.54, 1.807) is 0 Å². The second-order valence-electron chi connectivity index (χ2n) is 17.9. The van der Waals surface area contributed by atoms with Crippen LogP contribution in [0, 0.1) is 0 Å². The largest absolute Gasteiger partial charge is 0.309 e. The molecule has 316 valence electrons. The minimum atomic E-state index is 1.01. The SMILES string of the molecule is c1cc(-c2cccc(-n3c4ccccc4c4cc(-c5ccc(-c6ccc(-c7nc8ccccc8c8c7ccc7ccccc78)cc6)cc5)ccc43)c2)cc(-n2c3ccccc3c3ccccc32)c1. The highest BCUT2D eigenvalue weighted by Crippen LogP contribution is 2.40. The Balaban J connectivity index is 0.789. The molecule has 0 atom stereocenters. The highest BCUT2D eigenvalue weighted by Gasteiger charge is 2.17. The predicted octanol–water partition coefficient (Wildman–Crippen LogP) is 17.4. The van der Waals surface area contributed by atoms with Crippen LogP contribution in [0.2, 0.25) is 0 Å². The molecule has 68 heavy (non-hydrogen) atoms. The van der Waals surface area contributed by atoms with Crippen molar-refractivity contribution in [2.45, 2.75) is 0 Å². The van der Waals surface area contributed by atoms with Gasteiger partial charge in [0, 0.05) is 54.6 Å². The van der Waals surface area contributed by atoms with Crippen LogP contribution in [0.15, 0.2) is 249 Å². The van der Waals surface area contributed by atoms with E-state index in [0.717, 1.165) is 28.1 Å². The fraction of sp³-hybridized carbons (Fsp3) is 0. The third-order valence-corrected chi connectivity index (χ3v) is 14.1. The van der Waals surface area contributed by atoms with Crippen molar-refractivity contribution in [3.8, 4) is 56.0 Å². The fourth-order valence-corrected chi connectivity index (χ4v) is 10.9. The van der Waals surface area contributed by atoms with Crippen molar-refractivity contribution in [2.24, 2.45) is 0 Å². The molecule has 0 amide bonds. The zero-order valence-corrected chi connectivity index (χ0v) is 37.0. The van der Waals surface area contributed by atoms with E-state index >= 15 is 0 Å². The number of pyridine rings is 1. The quantitative estimate of drug-likeness (QED) is 0.153. The maximum absolute atomic E-state index is 5.23. The van der Waals surface area contributed by atoms with E-state index in [1.807, 2.05) is 0 Å². The molecule has 0 radical (unpaired) electrons. The van der Waals surface area contributed by atoms with Gasteiger partial charge in [-0.1, -0.05) is 188 Å². The number of para-hydroxylation sites is 4. The first-order valence-electron chi connectivity index (χ1n) is 23.4. The molecule has 0 aliphatic rings. The molecule has 3 heteroatoms. The number of aromatic nitrogens is 3. The first-order valence-corrected chi connectivity index (χ1v) is 23.4. The minimum Gasteiger partial charge on any atom is -0.309 e. The second kappa shape index (κ2) is 15.3. The van der Waals surface area contributed by atoms with Crippen LogP contribution in [0.25, 0.3) is 132 Å². The van der Waals surface area contributed by atoms with Gasteiger partial charge >= 0.3 is 0 Å². The van der Waals surface area contributed by atoms with Gasteiger partial charge in [-0.05, 0) is 105 Å². The number of hydrogen-bond donors (Lipinski definition) is 0. The lowest BCUT2D eigenvalue weighted by Crippen LogP contribution is -1.96. The molecule has 0 aliphatic carbocycles. The summed E-state index contributed by atoms with van der Waals surface area (Å²) in [4.78, 5) is 5.23. The Labute approximate surface area is 393 Å². The van der Waals surface area contributed by atoms with E-state index in [4.69, 9.17) is 4.98 Å². The summed E-state index contributed by atoms with van der Waals surface area (Å²) in [5.41, 5.74) is 17.3. The van der Waals surface area contributed by atoms with Gasteiger partial charge in [0.1, 0.15) is 0 Å². The third kappa shape index (κ3) is 6.03. The van der Waals surface area contributed by atoms with E-state index in [0.29, 0.717) is 0 Å². The molecule has 0 spiro atoms. The summed E-state index contributed by atoms with van der Waals surface area (Å²) >= 11 is 0. The van der Waals surface area contributed by atoms with Gasteiger partial charge in [-0.25, -0.2) is 4.98 Å². The Morgan fingerprint density at radius 2 is 0.691 bits per heavy atom. The maximum atomic E-state index is 5.23. The highest BCUT2D eigenvalue weighted by atomic mass is 15.0. The molecule has 3 heterocycles. The molecule has 0 N–H and O–H groups in total. The molecule has 11 aromatic carbocycles. The van der Waals surface area contributed by atoms with Crippen molar-refractivity contribution in [1.82, 2.24) is 14.1 Å². The van der Waals surface area contributed by atoms with Gasteiger partial charge in [0.05, 0.1) is 33.3 Å². The first-order chi connectivity index (χ1) is 33.7. The van der Waals surface area contributed by atoms with Crippen molar-refractivity contribution in [2.75, 3.05) is 0 Å². The van der Waals surface area contributed by atoms with E-state index in [9.17, 15) is 0 Å². The molecule has 0 saturated heterocycles. The monoisotopic (exact) mass is 863 g/mol.